The van der Waals surface area contributed by atoms with Gasteiger partial charge in [-0.05, 0) is 58.0 Å². The molecular formula is C29H29ClF3N7O3S. The Labute approximate surface area is 259 Å². The van der Waals surface area contributed by atoms with Gasteiger partial charge in [-0.2, -0.15) is 9.97 Å². The van der Waals surface area contributed by atoms with E-state index in [0.29, 0.717) is 24.2 Å². The van der Waals surface area contributed by atoms with Crippen LogP contribution in [-0.4, -0.2) is 88.6 Å². The van der Waals surface area contributed by atoms with Crippen molar-refractivity contribution in [3.63, 3.8) is 0 Å². The normalized spacial score (nSPS) is 25.0. The van der Waals surface area contributed by atoms with Gasteiger partial charge in [0.25, 0.3) is 0 Å². The number of carbonyl (C=O) groups is 1. The molecule has 1 amide bonds. The minimum atomic E-state index is -1.36. The summed E-state index contributed by atoms with van der Waals surface area (Å²) < 4.78 is 51.6. The van der Waals surface area contributed by atoms with E-state index in [2.05, 4.69) is 25.5 Å². The number of aromatic nitrogens is 3. The van der Waals surface area contributed by atoms with Gasteiger partial charge >= 0.3 is 12.1 Å². The highest BCUT2D eigenvalue weighted by molar-refractivity contribution is 7.22. The van der Waals surface area contributed by atoms with Gasteiger partial charge in [-0.25, -0.2) is 22.9 Å². The second kappa shape index (κ2) is 11.2. The minimum absolute atomic E-state index is 0.0311. The lowest BCUT2D eigenvalue weighted by molar-refractivity contribution is 0.188. The second-order valence-electron chi connectivity index (χ2n) is 11.6. The Kier molecular flexibility index (Phi) is 7.42. The Morgan fingerprint density at radius 3 is 2.73 bits per heavy atom. The maximum absolute atomic E-state index is 16.8. The van der Waals surface area contributed by atoms with E-state index < -0.39 is 23.9 Å². The standard InChI is InChI=1S/C29H29ClF3N7O3S/c1-34-19-8-13-3-6-20(19)40(13)26-16-9-17(30)21(15-4-5-18(32)25-24(15)36-28(44-25)38-29(41)42)22(33)23(16)35-27(37-26)43-11-14-7-12(31)10-39(14)2/h4-5,9,12-14,19-20,34H,3,6-8,10-11H2,1-2H3,(H,36,38)(H,41,42)/t12-,13-,14+,19?,20+/m1/s1. The number of hydrogen-bond donors (Lipinski definition) is 3. The van der Waals surface area contributed by atoms with Gasteiger partial charge in [0.1, 0.15) is 29.9 Å². The lowest BCUT2D eigenvalue weighted by Crippen LogP contribution is -2.39. The molecule has 44 heavy (non-hydrogen) atoms. The number of benzene rings is 2. The first-order valence-corrected chi connectivity index (χ1v) is 15.5. The maximum atomic E-state index is 16.8. The number of halogens is 4. The van der Waals surface area contributed by atoms with Crippen molar-refractivity contribution >= 4 is 61.1 Å². The summed E-state index contributed by atoms with van der Waals surface area (Å²) in [5.41, 5.74) is 0.155. The third kappa shape index (κ3) is 4.88. The number of alkyl halides is 1. The number of rotatable bonds is 7. The zero-order chi connectivity index (χ0) is 30.9. The molecule has 3 aliphatic heterocycles. The number of amides is 1. The van der Waals surface area contributed by atoms with Crippen molar-refractivity contribution in [3.8, 4) is 17.1 Å². The largest absolute Gasteiger partial charge is 0.465 e. The molecule has 3 saturated heterocycles. The number of nitrogens with one attached hydrogen (secondary N) is 2. The molecule has 1 unspecified atom stereocenters. The molecule has 3 N–H and O–H groups in total. The monoisotopic (exact) mass is 647 g/mol. The highest BCUT2D eigenvalue weighted by atomic mass is 35.5. The molecule has 3 fully saturated rings. The predicted octanol–water partition coefficient (Wildman–Crippen LogP) is 5.68. The number of anilines is 2. The van der Waals surface area contributed by atoms with Crippen LogP contribution in [0.3, 0.4) is 0 Å². The fraction of sp³-hybridized carbons (Fsp3) is 0.448. The van der Waals surface area contributed by atoms with E-state index in [0.717, 1.165) is 36.7 Å². The molecule has 2 bridgehead atoms. The van der Waals surface area contributed by atoms with Crippen molar-refractivity contribution in [1.82, 2.24) is 25.2 Å². The summed E-state index contributed by atoms with van der Waals surface area (Å²) >= 11 is 7.58. The third-order valence-corrected chi connectivity index (χ3v) is 10.3. The molecule has 7 rings (SSSR count). The van der Waals surface area contributed by atoms with E-state index in [9.17, 15) is 13.6 Å². The molecule has 0 saturated carbocycles. The summed E-state index contributed by atoms with van der Waals surface area (Å²) in [7, 11) is 3.75. The van der Waals surface area contributed by atoms with Crippen LogP contribution < -0.4 is 20.3 Å². The zero-order valence-corrected chi connectivity index (χ0v) is 25.4. The van der Waals surface area contributed by atoms with Crippen LogP contribution in [0.5, 0.6) is 6.01 Å². The Morgan fingerprint density at radius 2 is 2.02 bits per heavy atom. The summed E-state index contributed by atoms with van der Waals surface area (Å²) in [6.07, 6.45) is 0.825. The molecule has 5 heterocycles. The number of fused-ring (bicyclic) bond motifs is 4. The van der Waals surface area contributed by atoms with Crippen LogP contribution >= 0.6 is 22.9 Å². The van der Waals surface area contributed by atoms with Crippen molar-refractivity contribution in [3.05, 3.63) is 34.9 Å². The first-order valence-electron chi connectivity index (χ1n) is 14.3. The van der Waals surface area contributed by atoms with Gasteiger partial charge in [-0.15, -0.1) is 0 Å². The van der Waals surface area contributed by atoms with Crippen LogP contribution in [-0.2, 0) is 0 Å². The minimum Gasteiger partial charge on any atom is -0.465 e. The Balaban J connectivity index is 1.38. The number of likely N-dealkylation sites (N-methyl/N-ethyl adjacent to an activating group) is 2. The zero-order valence-electron chi connectivity index (χ0n) is 23.8. The van der Waals surface area contributed by atoms with Crippen LogP contribution in [0.4, 0.5) is 28.9 Å². The smallest absolute Gasteiger partial charge is 0.410 e. The Hall–Kier alpha value is -3.46. The number of carboxylic acid groups (broad SMARTS) is 1. The lowest BCUT2D eigenvalue weighted by Gasteiger charge is -2.27. The van der Waals surface area contributed by atoms with Crippen LogP contribution in [0.25, 0.3) is 32.2 Å². The Morgan fingerprint density at radius 1 is 1.20 bits per heavy atom. The third-order valence-electron chi connectivity index (χ3n) is 9.02. The second-order valence-corrected chi connectivity index (χ2v) is 13.0. The number of nitrogens with zero attached hydrogens (tertiary/aromatic N) is 5. The summed E-state index contributed by atoms with van der Waals surface area (Å²) in [5.74, 6) is -0.891. The van der Waals surface area contributed by atoms with Crippen molar-refractivity contribution in [2.75, 3.05) is 37.5 Å². The molecule has 232 valence electrons. The first kappa shape index (κ1) is 29.3. The van der Waals surface area contributed by atoms with E-state index in [-0.39, 0.29) is 73.8 Å². The van der Waals surface area contributed by atoms with Crippen molar-refractivity contribution in [1.29, 1.82) is 0 Å². The van der Waals surface area contributed by atoms with Crippen LogP contribution in [0, 0.1) is 11.6 Å². The average molecular weight is 648 g/mol. The molecule has 2 aromatic heterocycles. The van der Waals surface area contributed by atoms with Crippen LogP contribution in [0.1, 0.15) is 25.7 Å². The number of ether oxygens (including phenoxy) is 1. The maximum Gasteiger partial charge on any atom is 0.410 e. The fourth-order valence-corrected chi connectivity index (χ4v) is 8.18. The van der Waals surface area contributed by atoms with Gasteiger partial charge in [-0.3, -0.25) is 10.2 Å². The number of hydrogen-bond acceptors (Lipinski definition) is 9. The van der Waals surface area contributed by atoms with E-state index in [1.54, 1.807) is 6.07 Å². The van der Waals surface area contributed by atoms with Crippen molar-refractivity contribution in [2.45, 2.75) is 56.0 Å². The lowest BCUT2D eigenvalue weighted by atomic mass is 9.96. The molecule has 4 aromatic rings. The molecule has 3 aliphatic rings. The van der Waals surface area contributed by atoms with Crippen LogP contribution in [0.15, 0.2) is 18.2 Å². The first-order chi connectivity index (χ1) is 21.1. The highest BCUT2D eigenvalue weighted by Crippen LogP contribution is 2.46. The summed E-state index contributed by atoms with van der Waals surface area (Å²) in [6.45, 7) is 0.441. The quantitative estimate of drug-likeness (QED) is 0.233. The highest BCUT2D eigenvalue weighted by Gasteiger charge is 2.47. The SMILES string of the molecule is CNC1C[C@H]2CC[C@@H]1N2c1nc(OC[C@@H]2C[C@@H](F)CN2C)nc2c(F)c(-c3ccc(F)c4sc(NC(=O)O)nc34)c(Cl)cc12. The average Bonchev–Trinajstić information content (AvgIpc) is 3.75. The van der Waals surface area contributed by atoms with Gasteiger partial charge in [0, 0.05) is 47.2 Å². The topological polar surface area (TPSA) is 116 Å². The molecule has 0 radical (unpaired) electrons. The van der Waals surface area contributed by atoms with E-state index in [1.807, 2.05) is 19.0 Å². The molecular weight excluding hydrogens is 619 g/mol. The van der Waals surface area contributed by atoms with Crippen molar-refractivity contribution < 1.29 is 27.8 Å². The number of thiazole rings is 1. The summed E-state index contributed by atoms with van der Waals surface area (Å²) in [4.78, 5) is 28.8. The van der Waals surface area contributed by atoms with Gasteiger partial charge < -0.3 is 20.1 Å². The predicted molar refractivity (Wildman–Crippen MR) is 163 cm³/mol. The molecule has 2 aromatic carbocycles. The van der Waals surface area contributed by atoms with Crippen molar-refractivity contribution in [2.24, 2.45) is 0 Å². The van der Waals surface area contributed by atoms with Crippen LogP contribution in [0.2, 0.25) is 5.02 Å². The molecule has 15 heteroatoms. The summed E-state index contributed by atoms with van der Waals surface area (Å²) in [6, 6.07) is 4.48. The van der Waals surface area contributed by atoms with Gasteiger partial charge in [0.05, 0.1) is 15.2 Å². The Bertz CT molecular complexity index is 1790. The van der Waals surface area contributed by atoms with E-state index >= 15 is 4.39 Å². The molecule has 0 aliphatic carbocycles. The van der Waals surface area contributed by atoms with E-state index in [1.165, 1.54) is 6.07 Å². The van der Waals surface area contributed by atoms with E-state index in [4.69, 9.17) is 26.4 Å². The van der Waals surface area contributed by atoms with Gasteiger partial charge in [0.15, 0.2) is 10.9 Å². The molecule has 10 nitrogen and oxygen atoms in total. The van der Waals surface area contributed by atoms with Gasteiger partial charge in [0.2, 0.25) is 0 Å². The molecule has 0 spiro atoms. The fourth-order valence-electron chi connectivity index (χ4n) is 7.00. The molecule has 5 atom stereocenters. The summed E-state index contributed by atoms with van der Waals surface area (Å²) in [5, 5.41) is 15.0. The van der Waals surface area contributed by atoms with Gasteiger partial charge in [-0.1, -0.05) is 22.9 Å². The number of likely N-dealkylation sites (tertiary alicyclic amines) is 1.